The number of hydrogen-bond donors (Lipinski definition) is 0. The van der Waals surface area contributed by atoms with E-state index in [1.165, 1.54) is 36.9 Å². The van der Waals surface area contributed by atoms with Crippen molar-refractivity contribution in [1.82, 2.24) is 0 Å². The molecule has 0 atom stereocenters. The zero-order valence-corrected chi connectivity index (χ0v) is 14.1. The molecule has 0 aliphatic rings. The van der Waals surface area contributed by atoms with Gasteiger partial charge < -0.3 is 0 Å². The Bertz CT molecular complexity index is 898. The van der Waals surface area contributed by atoms with Crippen molar-refractivity contribution in [1.29, 1.82) is 0 Å². The van der Waals surface area contributed by atoms with Gasteiger partial charge in [0.05, 0.1) is 0 Å². The molecule has 22 heavy (non-hydrogen) atoms. The van der Waals surface area contributed by atoms with E-state index in [1.54, 1.807) is 0 Å². The monoisotopic (exact) mass is 304 g/mol. The Morgan fingerprint density at radius 3 is 2.05 bits per heavy atom. The van der Waals surface area contributed by atoms with Gasteiger partial charge in [-0.25, -0.2) is 0 Å². The molecule has 0 N–H and O–H groups in total. The Morgan fingerprint density at radius 2 is 1.27 bits per heavy atom. The molecule has 3 aromatic carbocycles. The van der Waals surface area contributed by atoms with Gasteiger partial charge >= 0.3 is 0 Å². The summed E-state index contributed by atoms with van der Waals surface area (Å²) in [5, 5.41) is 2.73. The lowest BCUT2D eigenvalue weighted by atomic mass is 10.0. The van der Waals surface area contributed by atoms with Crippen LogP contribution in [-0.4, -0.2) is 0 Å². The highest BCUT2D eigenvalue weighted by Gasteiger charge is 2.06. The first kappa shape index (κ1) is 14.8. The van der Waals surface area contributed by atoms with Gasteiger partial charge in [0.25, 0.3) is 0 Å². The molecule has 0 spiro atoms. The van der Waals surface area contributed by atoms with Crippen LogP contribution in [0.1, 0.15) is 19.4 Å². The number of benzene rings is 3. The second-order valence-corrected chi connectivity index (χ2v) is 6.26. The van der Waals surface area contributed by atoms with Crippen molar-refractivity contribution in [2.24, 2.45) is 0 Å². The van der Waals surface area contributed by atoms with Crippen LogP contribution < -0.4 is 0 Å². The van der Waals surface area contributed by atoms with E-state index in [2.05, 4.69) is 73.7 Å². The highest BCUT2D eigenvalue weighted by atomic mass is 32.1. The van der Waals surface area contributed by atoms with Crippen molar-refractivity contribution in [2.45, 2.75) is 20.8 Å². The smallest absolute Gasteiger partial charge is 0.0355 e. The molecular weight excluding hydrogens is 284 g/mol. The van der Waals surface area contributed by atoms with E-state index >= 15 is 0 Å². The van der Waals surface area contributed by atoms with Crippen LogP contribution in [0.4, 0.5) is 0 Å². The summed E-state index contributed by atoms with van der Waals surface area (Å²) in [7, 11) is 0. The average molecular weight is 304 g/mol. The third-order valence-electron chi connectivity index (χ3n) is 3.76. The van der Waals surface area contributed by atoms with Crippen LogP contribution in [0.25, 0.3) is 31.3 Å². The lowest BCUT2D eigenvalue weighted by Gasteiger charge is -2.03. The van der Waals surface area contributed by atoms with Gasteiger partial charge in [-0.15, -0.1) is 11.3 Å². The third-order valence-corrected chi connectivity index (χ3v) is 4.91. The summed E-state index contributed by atoms with van der Waals surface area (Å²) < 4.78 is 2.73. The van der Waals surface area contributed by atoms with Crippen molar-refractivity contribution in [3.63, 3.8) is 0 Å². The normalized spacial score (nSPS) is 10.5. The minimum atomic E-state index is 1.28. The van der Waals surface area contributed by atoms with E-state index in [-0.39, 0.29) is 0 Å². The summed E-state index contributed by atoms with van der Waals surface area (Å²) in [6.45, 7) is 6.12. The maximum atomic E-state index is 2.32. The fourth-order valence-corrected chi connectivity index (χ4v) is 3.74. The first-order valence-corrected chi connectivity index (χ1v) is 8.61. The molecule has 110 valence electrons. The average Bonchev–Trinajstić information content (AvgIpc) is 2.95. The highest BCUT2D eigenvalue weighted by Crippen LogP contribution is 2.36. The van der Waals surface area contributed by atoms with Crippen LogP contribution >= 0.6 is 11.3 Å². The van der Waals surface area contributed by atoms with Crippen molar-refractivity contribution >= 4 is 31.5 Å². The van der Waals surface area contributed by atoms with Crippen LogP contribution in [0.2, 0.25) is 0 Å². The molecule has 4 aromatic rings. The first-order chi connectivity index (χ1) is 10.8. The van der Waals surface area contributed by atoms with E-state index in [4.69, 9.17) is 0 Å². The van der Waals surface area contributed by atoms with Crippen molar-refractivity contribution in [2.75, 3.05) is 0 Å². The van der Waals surface area contributed by atoms with Gasteiger partial charge in [-0.1, -0.05) is 67.9 Å². The zero-order valence-electron chi connectivity index (χ0n) is 13.3. The fraction of sp³-hybridized carbons (Fsp3) is 0.143. The predicted octanol–water partition coefficient (Wildman–Crippen LogP) is 7.06. The molecule has 0 amide bonds. The molecule has 0 bridgehead atoms. The maximum absolute atomic E-state index is 2.32. The topological polar surface area (TPSA) is 0 Å². The second-order valence-electron chi connectivity index (χ2n) is 5.18. The predicted molar refractivity (Wildman–Crippen MR) is 101 cm³/mol. The summed E-state index contributed by atoms with van der Waals surface area (Å²) >= 11 is 1.87. The largest absolute Gasteiger partial charge is 0.135 e. The van der Waals surface area contributed by atoms with E-state index in [0.717, 1.165) is 0 Å². The van der Waals surface area contributed by atoms with Crippen molar-refractivity contribution < 1.29 is 0 Å². The van der Waals surface area contributed by atoms with E-state index in [0.29, 0.717) is 0 Å². The first-order valence-electron chi connectivity index (χ1n) is 7.79. The van der Waals surface area contributed by atoms with Crippen LogP contribution in [-0.2, 0) is 0 Å². The highest BCUT2D eigenvalue weighted by molar-refractivity contribution is 7.25. The summed E-state index contributed by atoms with van der Waals surface area (Å²) in [6.07, 6.45) is 0. The summed E-state index contributed by atoms with van der Waals surface area (Å²) in [6, 6.07) is 24.2. The SMILES string of the molecule is CC.Cc1ccc(-c2ccc3sc4ccccc4c3c2)cc1. The lowest BCUT2D eigenvalue weighted by Crippen LogP contribution is -1.78. The van der Waals surface area contributed by atoms with Crippen molar-refractivity contribution in [3.05, 3.63) is 72.3 Å². The van der Waals surface area contributed by atoms with Gasteiger partial charge in [-0.05, 0) is 36.2 Å². The molecule has 0 fully saturated rings. The second kappa shape index (κ2) is 6.33. The Balaban J connectivity index is 0.000000693. The molecule has 0 unspecified atom stereocenters. The Morgan fingerprint density at radius 1 is 0.636 bits per heavy atom. The summed E-state index contributed by atoms with van der Waals surface area (Å²) in [4.78, 5) is 0. The number of aryl methyl sites for hydroxylation is 1. The van der Waals surface area contributed by atoms with E-state index in [9.17, 15) is 0 Å². The van der Waals surface area contributed by atoms with Crippen LogP contribution in [0.3, 0.4) is 0 Å². The summed E-state index contributed by atoms with van der Waals surface area (Å²) in [5.74, 6) is 0. The van der Waals surface area contributed by atoms with E-state index < -0.39 is 0 Å². The Hall–Kier alpha value is -2.12. The van der Waals surface area contributed by atoms with Gasteiger partial charge in [0.1, 0.15) is 0 Å². The molecular formula is C21H20S. The zero-order chi connectivity index (χ0) is 15.5. The minimum absolute atomic E-state index is 1.28. The number of fused-ring (bicyclic) bond motifs is 3. The van der Waals surface area contributed by atoms with Crippen LogP contribution in [0, 0.1) is 6.92 Å². The Kier molecular flexibility index (Phi) is 4.26. The Labute approximate surface area is 136 Å². The minimum Gasteiger partial charge on any atom is -0.135 e. The molecule has 0 aliphatic carbocycles. The van der Waals surface area contributed by atoms with Gasteiger partial charge in [0.15, 0.2) is 0 Å². The summed E-state index contributed by atoms with van der Waals surface area (Å²) in [5.41, 5.74) is 3.88. The van der Waals surface area contributed by atoms with E-state index in [1.807, 2.05) is 25.2 Å². The third kappa shape index (κ3) is 2.65. The quantitative estimate of drug-likeness (QED) is 0.353. The maximum Gasteiger partial charge on any atom is 0.0355 e. The fourth-order valence-electron chi connectivity index (χ4n) is 2.65. The van der Waals surface area contributed by atoms with Crippen LogP contribution in [0.15, 0.2) is 66.7 Å². The molecule has 0 saturated heterocycles. The molecule has 1 aromatic heterocycles. The lowest BCUT2D eigenvalue weighted by molar-refractivity contribution is 1.47. The molecule has 1 heterocycles. The molecule has 0 nitrogen and oxygen atoms in total. The molecule has 0 aliphatic heterocycles. The van der Waals surface area contributed by atoms with Crippen LogP contribution in [0.5, 0.6) is 0 Å². The van der Waals surface area contributed by atoms with Gasteiger partial charge in [-0.3, -0.25) is 0 Å². The molecule has 0 radical (unpaired) electrons. The number of rotatable bonds is 1. The van der Waals surface area contributed by atoms with Gasteiger partial charge in [0, 0.05) is 20.2 Å². The number of thiophene rings is 1. The van der Waals surface area contributed by atoms with Gasteiger partial charge in [-0.2, -0.15) is 0 Å². The number of hydrogen-bond acceptors (Lipinski definition) is 1. The molecule has 1 heteroatoms. The van der Waals surface area contributed by atoms with Gasteiger partial charge in [0.2, 0.25) is 0 Å². The molecule has 0 saturated carbocycles. The standard InChI is InChI=1S/C19H14S.C2H6/c1-13-6-8-14(9-7-13)15-10-11-19-17(12-15)16-4-2-3-5-18(16)20-19;1-2/h2-12H,1H3;1-2H3. The molecule has 4 rings (SSSR count). The van der Waals surface area contributed by atoms with Crippen molar-refractivity contribution in [3.8, 4) is 11.1 Å².